The van der Waals surface area contributed by atoms with E-state index in [1.165, 1.54) is 7.05 Å². The molecule has 2 aromatic rings. The number of urea groups is 1. The van der Waals surface area contributed by atoms with Gasteiger partial charge in [-0.15, -0.1) is 0 Å². The van der Waals surface area contributed by atoms with E-state index in [2.05, 4.69) is 26.3 Å². The SMILES string of the molecule is CNC(=O)CNC(=O)Nc1ccc(C(=O)Nc2ccncc2)cc1. The second kappa shape index (κ2) is 8.28. The molecule has 4 amide bonds. The Morgan fingerprint density at radius 3 is 2.17 bits per heavy atom. The van der Waals surface area contributed by atoms with Crippen LogP contribution in [0.3, 0.4) is 0 Å². The number of pyridine rings is 1. The summed E-state index contributed by atoms with van der Waals surface area (Å²) >= 11 is 0. The van der Waals surface area contributed by atoms with Gasteiger partial charge in [0.05, 0.1) is 6.54 Å². The molecule has 0 atom stereocenters. The van der Waals surface area contributed by atoms with Crippen molar-refractivity contribution in [1.82, 2.24) is 15.6 Å². The van der Waals surface area contributed by atoms with Crippen LogP contribution in [-0.4, -0.2) is 36.4 Å². The summed E-state index contributed by atoms with van der Waals surface area (Å²) in [5.41, 5.74) is 1.60. The van der Waals surface area contributed by atoms with Crippen molar-refractivity contribution in [2.24, 2.45) is 0 Å². The molecular weight excluding hydrogens is 310 g/mol. The van der Waals surface area contributed by atoms with Gasteiger partial charge < -0.3 is 21.3 Å². The lowest BCUT2D eigenvalue weighted by Crippen LogP contribution is -2.37. The summed E-state index contributed by atoms with van der Waals surface area (Å²) < 4.78 is 0. The number of likely N-dealkylation sites (N-methyl/N-ethyl adjacent to an activating group) is 1. The fourth-order valence-corrected chi connectivity index (χ4v) is 1.77. The minimum absolute atomic E-state index is 0.116. The normalized spacial score (nSPS) is 9.71. The highest BCUT2D eigenvalue weighted by molar-refractivity contribution is 6.04. The molecule has 8 heteroatoms. The number of carbonyl (C=O) groups excluding carboxylic acids is 3. The highest BCUT2D eigenvalue weighted by atomic mass is 16.2. The quantitative estimate of drug-likeness (QED) is 0.661. The third-order valence-electron chi connectivity index (χ3n) is 3.03. The molecule has 0 radical (unpaired) electrons. The summed E-state index contributed by atoms with van der Waals surface area (Å²) in [6, 6.07) is 9.24. The van der Waals surface area contributed by atoms with E-state index in [0.29, 0.717) is 16.9 Å². The van der Waals surface area contributed by atoms with Crippen molar-refractivity contribution in [2.75, 3.05) is 24.2 Å². The lowest BCUT2D eigenvalue weighted by Gasteiger charge is -2.08. The summed E-state index contributed by atoms with van der Waals surface area (Å²) in [6.45, 7) is -0.116. The van der Waals surface area contributed by atoms with Crippen LogP contribution in [0, 0.1) is 0 Å². The van der Waals surface area contributed by atoms with Crippen LogP contribution in [0.25, 0.3) is 0 Å². The molecule has 0 aliphatic heterocycles. The van der Waals surface area contributed by atoms with E-state index in [-0.39, 0.29) is 18.4 Å². The van der Waals surface area contributed by atoms with E-state index in [1.807, 2.05) is 0 Å². The molecule has 1 heterocycles. The molecule has 24 heavy (non-hydrogen) atoms. The Bertz CT molecular complexity index is 716. The highest BCUT2D eigenvalue weighted by Crippen LogP contribution is 2.12. The van der Waals surface area contributed by atoms with Crippen molar-refractivity contribution in [2.45, 2.75) is 0 Å². The van der Waals surface area contributed by atoms with Crippen LogP contribution < -0.4 is 21.3 Å². The average molecular weight is 327 g/mol. The minimum Gasteiger partial charge on any atom is -0.358 e. The fraction of sp³-hybridized carbons (Fsp3) is 0.125. The van der Waals surface area contributed by atoms with Gasteiger partial charge in [0.2, 0.25) is 5.91 Å². The van der Waals surface area contributed by atoms with Gasteiger partial charge in [-0.3, -0.25) is 14.6 Å². The number of carbonyl (C=O) groups is 3. The van der Waals surface area contributed by atoms with Crippen LogP contribution in [0.1, 0.15) is 10.4 Å². The van der Waals surface area contributed by atoms with Gasteiger partial charge in [0, 0.05) is 36.4 Å². The van der Waals surface area contributed by atoms with E-state index in [9.17, 15) is 14.4 Å². The largest absolute Gasteiger partial charge is 0.358 e. The Hall–Kier alpha value is -3.42. The van der Waals surface area contributed by atoms with Crippen LogP contribution in [0.5, 0.6) is 0 Å². The molecule has 0 bridgehead atoms. The maximum absolute atomic E-state index is 12.1. The summed E-state index contributed by atoms with van der Waals surface area (Å²) in [7, 11) is 1.48. The Balaban J connectivity index is 1.89. The molecule has 0 saturated carbocycles. The number of aromatic nitrogens is 1. The smallest absolute Gasteiger partial charge is 0.319 e. The van der Waals surface area contributed by atoms with Crippen molar-refractivity contribution >= 4 is 29.2 Å². The zero-order chi connectivity index (χ0) is 17.4. The molecule has 1 aromatic carbocycles. The molecule has 0 saturated heterocycles. The standard InChI is InChI=1S/C16H17N5O3/c1-17-14(22)10-19-16(24)21-12-4-2-11(3-5-12)15(23)20-13-6-8-18-9-7-13/h2-9H,10H2,1H3,(H,17,22)(H,18,20,23)(H2,19,21,24). The lowest BCUT2D eigenvalue weighted by molar-refractivity contribution is -0.119. The molecule has 4 N–H and O–H groups in total. The molecule has 0 aliphatic carbocycles. The van der Waals surface area contributed by atoms with E-state index < -0.39 is 6.03 Å². The molecule has 0 fully saturated rings. The third-order valence-corrected chi connectivity index (χ3v) is 3.03. The van der Waals surface area contributed by atoms with Crippen LogP contribution in [-0.2, 0) is 4.79 Å². The van der Waals surface area contributed by atoms with Gasteiger partial charge in [-0.2, -0.15) is 0 Å². The van der Waals surface area contributed by atoms with Crippen LogP contribution in [0.15, 0.2) is 48.8 Å². The minimum atomic E-state index is -0.507. The lowest BCUT2D eigenvalue weighted by atomic mass is 10.2. The van der Waals surface area contributed by atoms with Gasteiger partial charge in [0.25, 0.3) is 5.91 Å². The molecule has 2 rings (SSSR count). The monoisotopic (exact) mass is 327 g/mol. The van der Waals surface area contributed by atoms with Crippen molar-refractivity contribution in [1.29, 1.82) is 0 Å². The average Bonchev–Trinajstić information content (AvgIpc) is 2.61. The van der Waals surface area contributed by atoms with Gasteiger partial charge in [-0.1, -0.05) is 0 Å². The maximum atomic E-state index is 12.1. The van der Waals surface area contributed by atoms with Crippen molar-refractivity contribution in [3.05, 3.63) is 54.4 Å². The molecular formula is C16H17N5O3. The van der Waals surface area contributed by atoms with Crippen molar-refractivity contribution in [3.63, 3.8) is 0 Å². The molecule has 0 spiro atoms. The predicted octanol–water partition coefficient (Wildman–Crippen LogP) is 1.20. The summed E-state index contributed by atoms with van der Waals surface area (Å²) in [4.78, 5) is 38.6. The Kier molecular flexibility index (Phi) is 5.84. The van der Waals surface area contributed by atoms with Gasteiger partial charge in [-0.25, -0.2) is 4.79 Å². The molecule has 1 aromatic heterocycles. The van der Waals surface area contributed by atoms with Crippen molar-refractivity contribution in [3.8, 4) is 0 Å². The number of amides is 4. The highest BCUT2D eigenvalue weighted by Gasteiger charge is 2.07. The zero-order valence-corrected chi connectivity index (χ0v) is 13.0. The van der Waals surface area contributed by atoms with E-state index in [0.717, 1.165) is 0 Å². The summed E-state index contributed by atoms with van der Waals surface area (Å²) in [5.74, 6) is -0.565. The fourth-order valence-electron chi connectivity index (χ4n) is 1.77. The first-order valence-electron chi connectivity index (χ1n) is 7.15. The number of nitrogens with one attached hydrogen (secondary N) is 4. The van der Waals surface area contributed by atoms with E-state index in [1.54, 1.807) is 48.8 Å². The third kappa shape index (κ3) is 5.09. The first-order valence-corrected chi connectivity index (χ1v) is 7.15. The number of rotatable bonds is 5. The van der Waals surface area contributed by atoms with E-state index in [4.69, 9.17) is 0 Å². The number of benzene rings is 1. The number of hydrogen-bond donors (Lipinski definition) is 4. The molecule has 124 valence electrons. The number of nitrogens with zero attached hydrogens (tertiary/aromatic N) is 1. The second-order valence-corrected chi connectivity index (χ2v) is 4.75. The van der Waals surface area contributed by atoms with Crippen LogP contribution in [0.4, 0.5) is 16.2 Å². The van der Waals surface area contributed by atoms with Crippen LogP contribution in [0.2, 0.25) is 0 Å². The van der Waals surface area contributed by atoms with E-state index >= 15 is 0 Å². The zero-order valence-electron chi connectivity index (χ0n) is 13.0. The number of anilines is 2. The Morgan fingerprint density at radius 1 is 0.917 bits per heavy atom. The predicted molar refractivity (Wildman–Crippen MR) is 89.7 cm³/mol. The Labute approximate surface area is 138 Å². The first kappa shape index (κ1) is 16.9. The maximum Gasteiger partial charge on any atom is 0.319 e. The number of hydrogen-bond acceptors (Lipinski definition) is 4. The van der Waals surface area contributed by atoms with Gasteiger partial charge in [0.15, 0.2) is 0 Å². The van der Waals surface area contributed by atoms with Gasteiger partial charge in [-0.05, 0) is 36.4 Å². The van der Waals surface area contributed by atoms with Crippen molar-refractivity contribution < 1.29 is 14.4 Å². The van der Waals surface area contributed by atoms with Gasteiger partial charge in [0.1, 0.15) is 0 Å². The summed E-state index contributed by atoms with van der Waals surface area (Å²) in [6.07, 6.45) is 3.17. The molecule has 0 aliphatic rings. The second-order valence-electron chi connectivity index (χ2n) is 4.75. The molecule has 8 nitrogen and oxygen atoms in total. The topological polar surface area (TPSA) is 112 Å². The Morgan fingerprint density at radius 2 is 1.54 bits per heavy atom. The summed E-state index contributed by atoms with van der Waals surface area (Å²) in [5, 5.41) is 10.1. The molecule has 0 unspecified atom stereocenters. The van der Waals surface area contributed by atoms with Gasteiger partial charge >= 0.3 is 6.03 Å². The van der Waals surface area contributed by atoms with Crippen LogP contribution >= 0.6 is 0 Å². The first-order chi connectivity index (χ1) is 11.6.